The van der Waals surface area contributed by atoms with E-state index in [4.69, 9.17) is 9.15 Å². The van der Waals surface area contributed by atoms with Crippen LogP contribution in [-0.4, -0.2) is 13.2 Å². The normalized spacial score (nSPS) is 11.1. The fourth-order valence-corrected chi connectivity index (χ4v) is 1.31. The number of nitrogens with zero attached hydrogens (tertiary/aromatic N) is 1. The number of aliphatic imine (C=N–C) groups is 1. The van der Waals surface area contributed by atoms with Gasteiger partial charge in [-0.05, 0) is 19.9 Å². The lowest BCUT2D eigenvalue weighted by atomic mass is 9.99. The molecule has 0 N–H and O–H groups in total. The largest absolute Gasteiger partial charge is 0.466 e. The molecule has 0 atom stereocenters. The number of hydrogen-bond donors (Lipinski definition) is 0. The van der Waals surface area contributed by atoms with Crippen LogP contribution in [0.3, 0.4) is 0 Å². The first kappa shape index (κ1) is 10.7. The van der Waals surface area contributed by atoms with Gasteiger partial charge < -0.3 is 9.15 Å². The summed E-state index contributed by atoms with van der Waals surface area (Å²) in [5, 5.41) is 0. The van der Waals surface area contributed by atoms with Crippen molar-refractivity contribution in [2.45, 2.75) is 26.0 Å². The Morgan fingerprint density at radius 3 is 2.93 bits per heavy atom. The number of methoxy groups -OCH3 is 1. The van der Waals surface area contributed by atoms with E-state index in [1.807, 2.05) is 0 Å². The summed E-state index contributed by atoms with van der Waals surface area (Å²) in [6, 6.07) is 1.81. The summed E-state index contributed by atoms with van der Waals surface area (Å²) in [6.45, 7) is 4.02. The molecule has 4 nitrogen and oxygen atoms in total. The smallest absolute Gasteiger partial charge is 0.235 e. The van der Waals surface area contributed by atoms with Crippen LogP contribution in [0.2, 0.25) is 0 Å². The van der Waals surface area contributed by atoms with E-state index in [-0.39, 0.29) is 0 Å². The van der Waals surface area contributed by atoms with Crippen LogP contribution in [0.1, 0.15) is 25.2 Å². The summed E-state index contributed by atoms with van der Waals surface area (Å²) in [4.78, 5) is 13.9. The maximum absolute atomic E-state index is 10.2. The van der Waals surface area contributed by atoms with Gasteiger partial charge in [0.05, 0.1) is 12.9 Å². The molecule has 0 aliphatic heterocycles. The standard InChI is InChI=1S/C10H13NO3/c1-10(2,11-7-12)9-8(6-13-3)4-5-14-9/h4-5H,6H2,1-3H3. The van der Waals surface area contributed by atoms with Crippen LogP contribution in [0.25, 0.3) is 0 Å². The molecule has 14 heavy (non-hydrogen) atoms. The van der Waals surface area contributed by atoms with Crippen LogP contribution in [0.4, 0.5) is 0 Å². The molecule has 1 rings (SSSR count). The zero-order chi connectivity index (χ0) is 10.6. The molecule has 0 amide bonds. The summed E-state index contributed by atoms with van der Waals surface area (Å²) >= 11 is 0. The molecule has 0 aliphatic carbocycles. The van der Waals surface area contributed by atoms with Crippen molar-refractivity contribution in [2.75, 3.05) is 7.11 Å². The monoisotopic (exact) mass is 195 g/mol. The number of hydrogen-bond acceptors (Lipinski definition) is 4. The summed E-state index contributed by atoms with van der Waals surface area (Å²) < 4.78 is 10.3. The molecular formula is C10H13NO3. The maximum Gasteiger partial charge on any atom is 0.235 e. The maximum atomic E-state index is 10.2. The molecule has 76 valence electrons. The highest BCUT2D eigenvalue weighted by molar-refractivity contribution is 5.37. The molecule has 0 fully saturated rings. The Labute approximate surface area is 82.6 Å². The fraction of sp³-hybridized carbons (Fsp3) is 0.500. The summed E-state index contributed by atoms with van der Waals surface area (Å²) in [6.07, 6.45) is 3.10. The lowest BCUT2D eigenvalue weighted by Crippen LogP contribution is -2.14. The van der Waals surface area contributed by atoms with Crippen molar-refractivity contribution in [2.24, 2.45) is 4.99 Å². The number of ether oxygens (including phenoxy) is 1. The Balaban J connectivity index is 3.04. The van der Waals surface area contributed by atoms with Gasteiger partial charge in [-0.15, -0.1) is 0 Å². The van der Waals surface area contributed by atoms with Gasteiger partial charge in [0.2, 0.25) is 6.08 Å². The van der Waals surface area contributed by atoms with Crippen molar-refractivity contribution in [3.63, 3.8) is 0 Å². The molecule has 4 heteroatoms. The lowest BCUT2D eigenvalue weighted by Gasteiger charge is -2.15. The molecule has 0 unspecified atom stereocenters. The average Bonchev–Trinajstić information content (AvgIpc) is 2.53. The molecule has 0 saturated carbocycles. The summed E-state index contributed by atoms with van der Waals surface area (Å²) in [7, 11) is 1.60. The molecule has 1 aromatic rings. The number of rotatable bonds is 4. The molecular weight excluding hydrogens is 182 g/mol. The topological polar surface area (TPSA) is 51.8 Å². The first-order chi connectivity index (χ1) is 6.61. The van der Waals surface area contributed by atoms with Crippen LogP contribution < -0.4 is 0 Å². The minimum atomic E-state index is -0.681. The number of isocyanates is 1. The lowest BCUT2D eigenvalue weighted by molar-refractivity contribution is 0.181. The van der Waals surface area contributed by atoms with Gasteiger partial charge in [-0.2, -0.15) is 4.99 Å². The van der Waals surface area contributed by atoms with Gasteiger partial charge in [0.25, 0.3) is 0 Å². The number of carbonyl (C=O) groups excluding carboxylic acids is 1. The van der Waals surface area contributed by atoms with Gasteiger partial charge in [-0.1, -0.05) is 0 Å². The van der Waals surface area contributed by atoms with Crippen LogP contribution in [0, 0.1) is 0 Å². The van der Waals surface area contributed by atoms with Crippen molar-refractivity contribution < 1.29 is 13.9 Å². The first-order valence-corrected chi connectivity index (χ1v) is 4.26. The van der Waals surface area contributed by atoms with Crippen LogP contribution in [-0.2, 0) is 21.7 Å². The molecule has 1 aromatic heterocycles. The minimum Gasteiger partial charge on any atom is -0.466 e. The van der Waals surface area contributed by atoms with Crippen molar-refractivity contribution in [1.29, 1.82) is 0 Å². The highest BCUT2D eigenvalue weighted by Gasteiger charge is 2.26. The Kier molecular flexibility index (Phi) is 3.23. The molecule has 0 saturated heterocycles. The fourth-order valence-electron chi connectivity index (χ4n) is 1.31. The third kappa shape index (κ3) is 2.10. The highest BCUT2D eigenvalue weighted by atomic mass is 16.5. The van der Waals surface area contributed by atoms with Gasteiger partial charge in [0, 0.05) is 12.7 Å². The summed E-state index contributed by atoms with van der Waals surface area (Å²) in [5.74, 6) is 0.641. The second-order valence-corrected chi connectivity index (χ2v) is 3.47. The Hall–Kier alpha value is -1.38. The third-order valence-electron chi connectivity index (χ3n) is 1.93. The van der Waals surface area contributed by atoms with Gasteiger partial charge in [-0.3, -0.25) is 0 Å². The van der Waals surface area contributed by atoms with E-state index in [1.54, 1.807) is 33.3 Å². The Morgan fingerprint density at radius 1 is 1.64 bits per heavy atom. The Morgan fingerprint density at radius 2 is 2.36 bits per heavy atom. The van der Waals surface area contributed by atoms with E-state index in [2.05, 4.69) is 4.99 Å². The SMILES string of the molecule is COCc1ccoc1C(C)(C)N=C=O. The zero-order valence-corrected chi connectivity index (χ0v) is 8.53. The molecule has 0 aromatic carbocycles. The molecule has 0 radical (unpaired) electrons. The van der Waals surface area contributed by atoms with Crippen LogP contribution in [0.5, 0.6) is 0 Å². The zero-order valence-electron chi connectivity index (χ0n) is 8.53. The average molecular weight is 195 g/mol. The van der Waals surface area contributed by atoms with Crippen molar-refractivity contribution in [3.8, 4) is 0 Å². The van der Waals surface area contributed by atoms with Gasteiger partial charge >= 0.3 is 0 Å². The predicted molar refractivity (Wildman–Crippen MR) is 50.6 cm³/mol. The molecule has 0 bridgehead atoms. The summed E-state index contributed by atoms with van der Waals surface area (Å²) in [5.41, 5.74) is 0.218. The van der Waals surface area contributed by atoms with E-state index in [9.17, 15) is 4.79 Å². The highest BCUT2D eigenvalue weighted by Crippen LogP contribution is 2.28. The quantitative estimate of drug-likeness (QED) is 0.545. The van der Waals surface area contributed by atoms with E-state index in [0.29, 0.717) is 12.4 Å². The van der Waals surface area contributed by atoms with Crippen LogP contribution in [0.15, 0.2) is 21.7 Å². The number of furan rings is 1. The molecule has 0 spiro atoms. The first-order valence-electron chi connectivity index (χ1n) is 4.26. The van der Waals surface area contributed by atoms with Crippen molar-refractivity contribution >= 4 is 6.08 Å². The van der Waals surface area contributed by atoms with Gasteiger partial charge in [0.1, 0.15) is 11.3 Å². The van der Waals surface area contributed by atoms with Crippen molar-refractivity contribution in [1.82, 2.24) is 0 Å². The predicted octanol–water partition coefficient (Wildman–Crippen LogP) is 2.00. The third-order valence-corrected chi connectivity index (χ3v) is 1.93. The molecule has 1 heterocycles. The second kappa shape index (κ2) is 4.22. The second-order valence-electron chi connectivity index (χ2n) is 3.47. The van der Waals surface area contributed by atoms with Crippen LogP contribution >= 0.6 is 0 Å². The van der Waals surface area contributed by atoms with E-state index in [1.165, 1.54) is 6.08 Å². The molecule has 0 aliphatic rings. The van der Waals surface area contributed by atoms with E-state index in [0.717, 1.165) is 5.56 Å². The van der Waals surface area contributed by atoms with E-state index >= 15 is 0 Å². The van der Waals surface area contributed by atoms with Gasteiger partial charge in [-0.25, -0.2) is 4.79 Å². The van der Waals surface area contributed by atoms with Gasteiger partial charge in [0.15, 0.2) is 0 Å². The van der Waals surface area contributed by atoms with E-state index < -0.39 is 5.54 Å². The minimum absolute atomic E-state index is 0.448. The van der Waals surface area contributed by atoms with Crippen molar-refractivity contribution in [3.05, 3.63) is 23.7 Å². The Bertz CT molecular complexity index is 348.